The topological polar surface area (TPSA) is 101 Å². The lowest BCUT2D eigenvalue weighted by Crippen LogP contribution is -2.22. The van der Waals surface area contributed by atoms with Crippen molar-refractivity contribution in [2.45, 2.75) is 6.92 Å². The first-order valence-corrected chi connectivity index (χ1v) is 9.73. The Balaban J connectivity index is 2.86. The summed E-state index contributed by atoms with van der Waals surface area (Å²) in [5.41, 5.74) is 1.78. The van der Waals surface area contributed by atoms with Crippen molar-refractivity contribution in [3.63, 3.8) is 0 Å². The van der Waals surface area contributed by atoms with E-state index >= 15 is 0 Å². The molecule has 0 aromatic heterocycles. The van der Waals surface area contributed by atoms with Gasteiger partial charge in [-0.3, -0.25) is 4.72 Å². The summed E-state index contributed by atoms with van der Waals surface area (Å²) in [6, 6.07) is 4.76. The zero-order valence-corrected chi connectivity index (χ0v) is 13.4. The maximum absolute atomic E-state index is 11.8. The molecule has 0 unspecified atom stereocenters. The highest BCUT2D eigenvalue weighted by atomic mass is 32.2. The maximum atomic E-state index is 11.8. The van der Waals surface area contributed by atoms with Crippen molar-refractivity contribution in [3.05, 3.63) is 29.3 Å². The quantitative estimate of drug-likeness (QED) is 0.747. The fourth-order valence-electron chi connectivity index (χ4n) is 1.49. The summed E-state index contributed by atoms with van der Waals surface area (Å²) in [5, 5.41) is 8.64. The lowest BCUT2D eigenvalue weighted by atomic mass is 10.1. The van der Waals surface area contributed by atoms with Gasteiger partial charge in [0.15, 0.2) is 0 Å². The monoisotopic (exact) mass is 331 g/mol. The highest BCUT2D eigenvalue weighted by Crippen LogP contribution is 2.16. The standard InChI is InChI=1S/C13H17NO5S2/c1-11-10-13(6-5-12(11)4-3-7-15)14-21(18,19)9-8-20(2,16)17/h5-6,10,14-15H,7-9H2,1-2H3. The van der Waals surface area contributed by atoms with E-state index in [0.29, 0.717) is 11.3 Å². The van der Waals surface area contributed by atoms with Crippen molar-refractivity contribution < 1.29 is 21.9 Å². The van der Waals surface area contributed by atoms with Crippen LogP contribution in [-0.2, 0) is 19.9 Å². The largest absolute Gasteiger partial charge is 0.384 e. The van der Waals surface area contributed by atoms with Crippen molar-refractivity contribution >= 4 is 25.5 Å². The van der Waals surface area contributed by atoms with Crippen LogP contribution in [0.1, 0.15) is 11.1 Å². The van der Waals surface area contributed by atoms with E-state index in [1.165, 1.54) is 6.07 Å². The number of aryl methyl sites for hydroxylation is 1. The summed E-state index contributed by atoms with van der Waals surface area (Å²) in [4.78, 5) is 0. The summed E-state index contributed by atoms with van der Waals surface area (Å²) in [6.45, 7) is 1.51. The molecule has 6 nitrogen and oxygen atoms in total. The van der Waals surface area contributed by atoms with Gasteiger partial charge in [0.25, 0.3) is 0 Å². The number of anilines is 1. The predicted molar refractivity (Wildman–Crippen MR) is 82.3 cm³/mol. The van der Waals surface area contributed by atoms with E-state index in [1.54, 1.807) is 19.1 Å². The first-order valence-electron chi connectivity index (χ1n) is 6.01. The van der Waals surface area contributed by atoms with Gasteiger partial charge in [-0.15, -0.1) is 0 Å². The van der Waals surface area contributed by atoms with Crippen molar-refractivity contribution in [2.24, 2.45) is 0 Å². The van der Waals surface area contributed by atoms with Gasteiger partial charge < -0.3 is 5.11 Å². The minimum atomic E-state index is -3.72. The average Bonchev–Trinajstić information content (AvgIpc) is 2.34. The molecule has 0 spiro atoms. The van der Waals surface area contributed by atoms with Crippen LogP contribution in [0, 0.1) is 18.8 Å². The molecular formula is C13H17NO5S2. The SMILES string of the molecule is Cc1cc(NS(=O)(=O)CCS(C)(=O)=O)ccc1C#CCO. The molecule has 0 fully saturated rings. The molecule has 0 amide bonds. The average molecular weight is 331 g/mol. The summed E-state index contributed by atoms with van der Waals surface area (Å²) >= 11 is 0. The molecule has 0 heterocycles. The molecule has 21 heavy (non-hydrogen) atoms. The minimum Gasteiger partial charge on any atom is -0.384 e. The number of sulfonamides is 1. The molecule has 116 valence electrons. The van der Waals surface area contributed by atoms with Gasteiger partial charge in [-0.05, 0) is 30.7 Å². The molecule has 1 aromatic rings. The third-order valence-electron chi connectivity index (χ3n) is 2.52. The van der Waals surface area contributed by atoms with Crippen LogP contribution in [0.3, 0.4) is 0 Å². The zero-order chi connectivity index (χ0) is 16.1. The van der Waals surface area contributed by atoms with Crippen LogP contribution in [0.25, 0.3) is 0 Å². The van der Waals surface area contributed by atoms with Crippen molar-refractivity contribution in [3.8, 4) is 11.8 Å². The third kappa shape index (κ3) is 6.62. The molecule has 1 aromatic carbocycles. The number of benzene rings is 1. The Morgan fingerprint density at radius 3 is 2.38 bits per heavy atom. The number of nitrogens with one attached hydrogen (secondary N) is 1. The molecule has 0 saturated carbocycles. The number of rotatable bonds is 5. The van der Waals surface area contributed by atoms with E-state index < -0.39 is 31.4 Å². The minimum absolute atomic E-state index is 0.251. The molecular weight excluding hydrogens is 314 g/mol. The zero-order valence-electron chi connectivity index (χ0n) is 11.8. The Hall–Kier alpha value is -1.56. The van der Waals surface area contributed by atoms with Crippen LogP contribution in [0.4, 0.5) is 5.69 Å². The van der Waals surface area contributed by atoms with Gasteiger partial charge in [0.2, 0.25) is 10.0 Å². The first kappa shape index (κ1) is 17.5. The van der Waals surface area contributed by atoms with Gasteiger partial charge in [0.1, 0.15) is 16.4 Å². The molecule has 0 aliphatic heterocycles. The molecule has 1 rings (SSSR count). The lowest BCUT2D eigenvalue weighted by Gasteiger charge is -2.09. The Labute approximate surface area is 125 Å². The number of sulfone groups is 1. The van der Waals surface area contributed by atoms with Crippen molar-refractivity contribution in [2.75, 3.05) is 29.1 Å². The second kappa shape index (κ2) is 6.93. The van der Waals surface area contributed by atoms with E-state index in [2.05, 4.69) is 16.6 Å². The second-order valence-electron chi connectivity index (χ2n) is 4.54. The smallest absolute Gasteiger partial charge is 0.233 e. The van der Waals surface area contributed by atoms with Gasteiger partial charge in [-0.25, -0.2) is 16.8 Å². The molecule has 0 aliphatic rings. The van der Waals surface area contributed by atoms with E-state index in [1.807, 2.05) is 0 Å². The summed E-state index contributed by atoms with van der Waals surface area (Å²) in [5.74, 6) is 4.33. The summed E-state index contributed by atoms with van der Waals surface area (Å²) in [6.07, 6.45) is 0.987. The summed E-state index contributed by atoms with van der Waals surface area (Å²) in [7, 11) is -7.06. The van der Waals surface area contributed by atoms with Gasteiger partial charge in [0.05, 0.1) is 11.5 Å². The highest BCUT2D eigenvalue weighted by molar-refractivity contribution is 7.95. The second-order valence-corrected chi connectivity index (χ2v) is 8.64. The van der Waals surface area contributed by atoms with Gasteiger partial charge in [0, 0.05) is 17.5 Å². The van der Waals surface area contributed by atoms with Gasteiger partial charge >= 0.3 is 0 Å². The fraction of sp³-hybridized carbons (Fsp3) is 0.385. The van der Waals surface area contributed by atoms with Crippen LogP contribution >= 0.6 is 0 Å². The van der Waals surface area contributed by atoms with Crippen LogP contribution in [0.2, 0.25) is 0 Å². The van der Waals surface area contributed by atoms with Crippen molar-refractivity contribution in [1.82, 2.24) is 0 Å². The molecule has 0 radical (unpaired) electrons. The van der Waals surface area contributed by atoms with E-state index in [4.69, 9.17) is 5.11 Å². The van der Waals surface area contributed by atoms with E-state index in [0.717, 1.165) is 11.8 Å². The number of aliphatic hydroxyl groups excluding tert-OH is 1. The predicted octanol–water partition coefficient (Wildman–Crippen LogP) is 0.125. The van der Waals surface area contributed by atoms with Gasteiger partial charge in [-0.2, -0.15) is 0 Å². The lowest BCUT2D eigenvalue weighted by molar-refractivity contribution is 0.350. The Morgan fingerprint density at radius 2 is 1.86 bits per heavy atom. The van der Waals surface area contributed by atoms with Crippen LogP contribution in [0.15, 0.2) is 18.2 Å². The molecule has 0 atom stereocenters. The Kier molecular flexibility index (Phi) is 5.78. The van der Waals surface area contributed by atoms with Crippen LogP contribution in [-0.4, -0.2) is 46.3 Å². The Bertz CT molecular complexity index is 771. The number of hydrogen-bond donors (Lipinski definition) is 2. The highest BCUT2D eigenvalue weighted by Gasteiger charge is 2.14. The number of hydrogen-bond acceptors (Lipinski definition) is 5. The molecule has 8 heteroatoms. The van der Waals surface area contributed by atoms with Crippen LogP contribution < -0.4 is 4.72 Å². The maximum Gasteiger partial charge on any atom is 0.233 e. The van der Waals surface area contributed by atoms with Gasteiger partial charge in [-0.1, -0.05) is 11.8 Å². The third-order valence-corrected chi connectivity index (χ3v) is 5.02. The molecule has 2 N–H and O–H groups in total. The fourth-order valence-corrected chi connectivity index (χ4v) is 4.17. The first-order chi connectivity index (χ1) is 9.63. The van der Waals surface area contributed by atoms with Crippen molar-refractivity contribution in [1.29, 1.82) is 0 Å². The summed E-state index contributed by atoms with van der Waals surface area (Å²) < 4.78 is 47.9. The van der Waals surface area contributed by atoms with E-state index in [9.17, 15) is 16.8 Å². The number of aliphatic hydroxyl groups is 1. The molecule has 0 saturated heterocycles. The normalized spacial score (nSPS) is 11.6. The van der Waals surface area contributed by atoms with E-state index in [-0.39, 0.29) is 6.61 Å². The molecule has 0 bridgehead atoms. The Morgan fingerprint density at radius 1 is 1.19 bits per heavy atom. The molecule has 0 aliphatic carbocycles. The van der Waals surface area contributed by atoms with Crippen LogP contribution in [0.5, 0.6) is 0 Å².